The minimum absolute atomic E-state index is 0.146. The van der Waals surface area contributed by atoms with E-state index in [0.29, 0.717) is 0 Å². The second kappa shape index (κ2) is 11.8. The molecule has 12 rings (SSSR count). The zero-order valence-corrected chi connectivity index (χ0v) is 30.0. The molecular weight excluding hydrogens is 665 g/mol. The average molecular weight is 699 g/mol. The molecule has 2 unspecified atom stereocenters. The highest BCUT2D eigenvalue weighted by Gasteiger charge is 2.33. The number of para-hydroxylation sites is 1. The molecule has 0 radical (unpaired) electrons. The summed E-state index contributed by atoms with van der Waals surface area (Å²) >= 11 is 0. The SMILES string of the molecule is c1ccc(C2c3ccccc3-c3ccc(-c4ccc5c(c4)-c4ccccc4C5c4cccc5cc(-c6cccc7oc8ccccc8c67)ccc45)cc32)cc1. The fourth-order valence-electron chi connectivity index (χ4n) is 9.85. The summed E-state index contributed by atoms with van der Waals surface area (Å²) in [5.41, 5.74) is 20.3. The molecule has 2 aliphatic carbocycles. The smallest absolute Gasteiger partial charge is 0.136 e. The lowest BCUT2D eigenvalue weighted by Crippen LogP contribution is -2.00. The molecule has 0 bridgehead atoms. The number of rotatable bonds is 4. The number of hydrogen-bond donors (Lipinski definition) is 0. The van der Waals surface area contributed by atoms with Crippen LogP contribution in [0.1, 0.15) is 45.2 Å². The summed E-state index contributed by atoms with van der Waals surface area (Å²) in [6.07, 6.45) is 0. The summed E-state index contributed by atoms with van der Waals surface area (Å²) in [7, 11) is 0. The van der Waals surface area contributed by atoms with Crippen LogP contribution in [0.15, 0.2) is 199 Å². The van der Waals surface area contributed by atoms with Crippen LogP contribution in [0.5, 0.6) is 0 Å². The Morgan fingerprint density at radius 2 is 0.927 bits per heavy atom. The molecule has 1 aromatic heterocycles. The van der Waals surface area contributed by atoms with Crippen LogP contribution in [0.2, 0.25) is 0 Å². The fraction of sp³-hybridized carbons (Fsp3) is 0.0370. The van der Waals surface area contributed by atoms with E-state index in [9.17, 15) is 0 Å². The monoisotopic (exact) mass is 698 g/mol. The highest BCUT2D eigenvalue weighted by Crippen LogP contribution is 2.52. The van der Waals surface area contributed by atoms with Crippen molar-refractivity contribution >= 4 is 32.7 Å². The third kappa shape index (κ3) is 4.54. The van der Waals surface area contributed by atoms with Crippen molar-refractivity contribution in [2.45, 2.75) is 11.8 Å². The standard InChI is InChI=1S/C54H34O/c1-2-12-33(13-3-1)52-44-17-6-4-15-40(44)42-28-24-35(32-49(42)52)34-25-29-46-48(31-34)41-16-5-7-18-45(41)53(46)43-21-10-14-36-30-37(26-27-38(36)43)39-20-11-23-51-54(39)47-19-8-9-22-50(47)55-51/h1-32,52-53H. The molecule has 0 N–H and O–H groups in total. The quantitative estimate of drug-likeness (QED) is 0.178. The van der Waals surface area contributed by atoms with Crippen molar-refractivity contribution in [3.63, 3.8) is 0 Å². The van der Waals surface area contributed by atoms with Gasteiger partial charge in [0.05, 0.1) is 0 Å². The molecule has 0 fully saturated rings. The van der Waals surface area contributed by atoms with Crippen molar-refractivity contribution < 1.29 is 4.42 Å². The van der Waals surface area contributed by atoms with Gasteiger partial charge in [-0.3, -0.25) is 0 Å². The zero-order valence-electron chi connectivity index (χ0n) is 30.0. The molecule has 2 atom stereocenters. The van der Waals surface area contributed by atoms with E-state index in [1.54, 1.807) is 0 Å². The average Bonchev–Trinajstić information content (AvgIpc) is 3.91. The number of hydrogen-bond acceptors (Lipinski definition) is 1. The summed E-state index contributed by atoms with van der Waals surface area (Å²) in [6.45, 7) is 0. The number of furan rings is 1. The summed E-state index contributed by atoms with van der Waals surface area (Å²) in [5.74, 6) is 0.374. The Morgan fingerprint density at radius 1 is 0.309 bits per heavy atom. The summed E-state index contributed by atoms with van der Waals surface area (Å²) in [5, 5.41) is 4.86. The molecule has 0 saturated carbocycles. The molecule has 1 nitrogen and oxygen atoms in total. The molecule has 1 heterocycles. The second-order valence-electron chi connectivity index (χ2n) is 15.1. The fourth-order valence-corrected chi connectivity index (χ4v) is 9.85. The summed E-state index contributed by atoms with van der Waals surface area (Å²) in [6, 6.07) is 71.7. The van der Waals surface area contributed by atoms with Gasteiger partial charge in [0.15, 0.2) is 0 Å². The molecule has 1 heteroatoms. The van der Waals surface area contributed by atoms with Crippen molar-refractivity contribution in [2.75, 3.05) is 0 Å². The van der Waals surface area contributed by atoms with E-state index in [2.05, 4.69) is 188 Å². The third-order valence-corrected chi connectivity index (χ3v) is 12.3. The van der Waals surface area contributed by atoms with Crippen molar-refractivity contribution in [3.8, 4) is 44.5 Å². The van der Waals surface area contributed by atoms with Gasteiger partial charge in [0.2, 0.25) is 0 Å². The Labute approximate surface area is 319 Å². The second-order valence-corrected chi connectivity index (χ2v) is 15.1. The molecule has 256 valence electrons. The van der Waals surface area contributed by atoms with Crippen LogP contribution in [0.3, 0.4) is 0 Å². The van der Waals surface area contributed by atoms with Gasteiger partial charge in [0.25, 0.3) is 0 Å². The maximum Gasteiger partial charge on any atom is 0.136 e. The van der Waals surface area contributed by atoms with Crippen molar-refractivity contribution in [3.05, 3.63) is 228 Å². The molecule has 0 aliphatic heterocycles. The normalized spacial score (nSPS) is 15.3. The first-order valence-electron chi connectivity index (χ1n) is 19.2. The van der Waals surface area contributed by atoms with E-state index in [0.717, 1.165) is 16.6 Å². The van der Waals surface area contributed by atoms with Crippen LogP contribution >= 0.6 is 0 Å². The van der Waals surface area contributed by atoms with Crippen molar-refractivity contribution in [2.24, 2.45) is 0 Å². The Bertz CT molecular complexity index is 3160. The first kappa shape index (κ1) is 30.5. The first-order valence-corrected chi connectivity index (χ1v) is 19.2. The largest absolute Gasteiger partial charge is 0.456 e. The molecule has 2 aliphatic rings. The molecular formula is C54H34O. The number of fused-ring (bicyclic) bond motifs is 10. The third-order valence-electron chi connectivity index (χ3n) is 12.3. The van der Waals surface area contributed by atoms with Gasteiger partial charge in [-0.05, 0) is 119 Å². The summed E-state index contributed by atoms with van der Waals surface area (Å²) < 4.78 is 6.25. The topological polar surface area (TPSA) is 13.1 Å². The van der Waals surface area contributed by atoms with Gasteiger partial charge in [-0.2, -0.15) is 0 Å². The van der Waals surface area contributed by atoms with E-state index >= 15 is 0 Å². The zero-order chi connectivity index (χ0) is 36.0. The van der Waals surface area contributed by atoms with Crippen LogP contribution in [-0.4, -0.2) is 0 Å². The maximum absolute atomic E-state index is 6.25. The molecule has 0 spiro atoms. The highest BCUT2D eigenvalue weighted by molar-refractivity contribution is 6.13. The van der Waals surface area contributed by atoms with Crippen LogP contribution in [0, 0.1) is 0 Å². The van der Waals surface area contributed by atoms with E-state index < -0.39 is 0 Å². The predicted octanol–water partition coefficient (Wildman–Crippen LogP) is 14.4. The Morgan fingerprint density at radius 3 is 1.82 bits per heavy atom. The molecule has 55 heavy (non-hydrogen) atoms. The van der Waals surface area contributed by atoms with Crippen LogP contribution in [0.4, 0.5) is 0 Å². The predicted molar refractivity (Wildman–Crippen MR) is 228 cm³/mol. The summed E-state index contributed by atoms with van der Waals surface area (Å²) in [4.78, 5) is 0. The number of benzene rings is 9. The molecule has 9 aromatic carbocycles. The molecule has 0 saturated heterocycles. The van der Waals surface area contributed by atoms with Gasteiger partial charge in [-0.1, -0.05) is 164 Å². The van der Waals surface area contributed by atoms with E-state index in [1.807, 2.05) is 6.07 Å². The van der Waals surface area contributed by atoms with Gasteiger partial charge in [-0.25, -0.2) is 0 Å². The van der Waals surface area contributed by atoms with Gasteiger partial charge >= 0.3 is 0 Å². The van der Waals surface area contributed by atoms with E-state index in [-0.39, 0.29) is 11.8 Å². The lowest BCUT2D eigenvalue weighted by Gasteiger charge is -2.18. The minimum Gasteiger partial charge on any atom is -0.456 e. The minimum atomic E-state index is 0.146. The van der Waals surface area contributed by atoms with Crippen LogP contribution in [0.25, 0.3) is 77.2 Å². The molecule has 0 amide bonds. The lowest BCUT2D eigenvalue weighted by molar-refractivity contribution is 0.669. The van der Waals surface area contributed by atoms with Gasteiger partial charge in [-0.15, -0.1) is 0 Å². The molecule has 10 aromatic rings. The van der Waals surface area contributed by atoms with Crippen LogP contribution < -0.4 is 0 Å². The maximum atomic E-state index is 6.25. The Hall–Kier alpha value is -6.96. The Balaban J connectivity index is 0.968. The van der Waals surface area contributed by atoms with E-state index in [1.165, 1.54) is 94.0 Å². The van der Waals surface area contributed by atoms with E-state index in [4.69, 9.17) is 4.42 Å². The van der Waals surface area contributed by atoms with Gasteiger partial charge < -0.3 is 4.42 Å². The van der Waals surface area contributed by atoms with Crippen molar-refractivity contribution in [1.29, 1.82) is 0 Å². The van der Waals surface area contributed by atoms with Gasteiger partial charge in [0, 0.05) is 22.6 Å². The van der Waals surface area contributed by atoms with Gasteiger partial charge in [0.1, 0.15) is 11.2 Å². The van der Waals surface area contributed by atoms with Crippen LogP contribution in [-0.2, 0) is 0 Å². The van der Waals surface area contributed by atoms with Crippen molar-refractivity contribution in [1.82, 2.24) is 0 Å². The Kier molecular flexibility index (Phi) is 6.53. The lowest BCUT2D eigenvalue weighted by atomic mass is 9.85. The highest BCUT2D eigenvalue weighted by atomic mass is 16.3. The first-order chi connectivity index (χ1) is 27.3.